The second-order valence-electron chi connectivity index (χ2n) is 9.53. The number of ether oxygens (including phenoxy) is 1. The highest BCUT2D eigenvalue weighted by molar-refractivity contribution is 6.06. The predicted molar refractivity (Wildman–Crippen MR) is 145 cm³/mol. The van der Waals surface area contributed by atoms with Crippen LogP contribution >= 0.6 is 0 Å². The van der Waals surface area contributed by atoms with Crippen LogP contribution in [0.15, 0.2) is 43.0 Å². The maximum absolute atomic E-state index is 13.0. The summed E-state index contributed by atoms with van der Waals surface area (Å²) < 4.78 is 6.92. The summed E-state index contributed by atoms with van der Waals surface area (Å²) in [5.74, 6) is -0.395. The molecule has 1 aliphatic heterocycles. The van der Waals surface area contributed by atoms with Gasteiger partial charge in [-0.25, -0.2) is 4.98 Å². The number of aromatic amines is 1. The third-order valence-corrected chi connectivity index (χ3v) is 6.64. The molecular weight excluding hydrogens is 484 g/mol. The van der Waals surface area contributed by atoms with Gasteiger partial charge >= 0.3 is 0 Å². The third-order valence-electron chi connectivity index (χ3n) is 6.64. The van der Waals surface area contributed by atoms with E-state index >= 15 is 0 Å². The molecule has 0 aromatic carbocycles. The van der Waals surface area contributed by atoms with Crippen molar-refractivity contribution in [1.82, 2.24) is 29.6 Å². The number of carbonyl (C=O) groups excluding carboxylic acids is 2. The van der Waals surface area contributed by atoms with E-state index in [1.807, 2.05) is 23.9 Å². The van der Waals surface area contributed by atoms with E-state index in [4.69, 9.17) is 4.74 Å². The van der Waals surface area contributed by atoms with Crippen LogP contribution < -0.4 is 10.6 Å². The molecule has 1 aliphatic rings. The van der Waals surface area contributed by atoms with Crippen molar-refractivity contribution in [1.29, 1.82) is 0 Å². The molecule has 198 valence electrons. The third kappa shape index (κ3) is 6.06. The Kier molecular flexibility index (Phi) is 7.75. The van der Waals surface area contributed by atoms with Crippen molar-refractivity contribution in [2.24, 2.45) is 0 Å². The number of nitrogens with zero attached hydrogens (tertiary/aromatic N) is 5. The van der Waals surface area contributed by atoms with Gasteiger partial charge in [0, 0.05) is 30.5 Å². The van der Waals surface area contributed by atoms with E-state index in [0.717, 1.165) is 42.6 Å². The Hall–Kier alpha value is -4.09. The monoisotopic (exact) mass is 516 g/mol. The number of hydrogen-bond acceptors (Lipinski definition) is 7. The maximum atomic E-state index is 13.0. The Morgan fingerprint density at radius 1 is 1.05 bits per heavy atom. The molecule has 3 N–H and O–H groups in total. The Morgan fingerprint density at radius 3 is 2.71 bits per heavy atom. The van der Waals surface area contributed by atoms with Gasteiger partial charge < -0.3 is 20.4 Å². The number of nitrogens with one attached hydrogen (secondary N) is 3. The number of anilines is 2. The first-order chi connectivity index (χ1) is 18.5. The largest absolute Gasteiger partial charge is 0.383 e. The first-order valence-electron chi connectivity index (χ1n) is 12.8. The molecule has 0 aliphatic carbocycles. The number of amides is 2. The number of fused-ring (bicyclic) bond motifs is 1. The summed E-state index contributed by atoms with van der Waals surface area (Å²) in [6.45, 7) is 5.31. The van der Waals surface area contributed by atoms with Gasteiger partial charge in [0.15, 0.2) is 0 Å². The molecule has 0 saturated carbocycles. The second-order valence-corrected chi connectivity index (χ2v) is 9.53. The van der Waals surface area contributed by atoms with E-state index in [1.54, 1.807) is 31.6 Å². The molecule has 1 fully saturated rings. The van der Waals surface area contributed by atoms with Crippen LogP contribution in [0.2, 0.25) is 0 Å². The Morgan fingerprint density at radius 2 is 1.89 bits per heavy atom. The molecular formula is C27H32N8O3. The molecule has 0 spiro atoms. The minimum absolute atomic E-state index is 0.0811. The molecule has 0 radical (unpaired) electrons. The number of hydrogen-bond donors (Lipinski definition) is 3. The predicted octanol–water partition coefficient (Wildman–Crippen LogP) is 3.45. The fourth-order valence-electron chi connectivity index (χ4n) is 4.55. The first kappa shape index (κ1) is 25.6. The fraction of sp³-hybridized carbons (Fsp3) is 0.370. The van der Waals surface area contributed by atoms with Crippen LogP contribution in [-0.4, -0.2) is 74.8 Å². The van der Waals surface area contributed by atoms with Crippen molar-refractivity contribution in [3.05, 3.63) is 54.2 Å². The van der Waals surface area contributed by atoms with Crippen molar-refractivity contribution in [3.63, 3.8) is 0 Å². The van der Waals surface area contributed by atoms with Gasteiger partial charge in [-0.15, -0.1) is 0 Å². The molecule has 4 aromatic heterocycles. The molecule has 5 heterocycles. The molecule has 0 bridgehead atoms. The molecule has 5 rings (SSSR count). The Bertz CT molecular complexity index is 1440. The first-order valence-corrected chi connectivity index (χ1v) is 12.8. The van der Waals surface area contributed by atoms with Crippen LogP contribution in [0.1, 0.15) is 35.3 Å². The number of likely N-dealkylation sites (tertiary alicyclic amines) is 1. The lowest BCUT2D eigenvalue weighted by atomic mass is 10.1. The zero-order valence-electron chi connectivity index (χ0n) is 21.7. The van der Waals surface area contributed by atoms with Gasteiger partial charge in [0.1, 0.15) is 5.65 Å². The fourth-order valence-corrected chi connectivity index (χ4v) is 4.55. The summed E-state index contributed by atoms with van der Waals surface area (Å²) in [6, 6.07) is 5.46. The zero-order valence-corrected chi connectivity index (χ0v) is 21.7. The molecule has 0 atom stereocenters. The van der Waals surface area contributed by atoms with Gasteiger partial charge in [-0.1, -0.05) is 6.42 Å². The minimum atomic E-state index is -0.314. The van der Waals surface area contributed by atoms with Crippen molar-refractivity contribution in [2.45, 2.75) is 32.7 Å². The van der Waals surface area contributed by atoms with Crippen molar-refractivity contribution in [3.8, 4) is 11.3 Å². The average molecular weight is 517 g/mol. The quantitative estimate of drug-likeness (QED) is 0.311. The summed E-state index contributed by atoms with van der Waals surface area (Å²) in [5, 5.41) is 11.0. The van der Waals surface area contributed by atoms with Crippen molar-refractivity contribution >= 4 is 34.2 Å². The number of rotatable bonds is 9. The van der Waals surface area contributed by atoms with Crippen molar-refractivity contribution in [2.75, 3.05) is 44.0 Å². The van der Waals surface area contributed by atoms with Crippen LogP contribution in [0.4, 0.5) is 11.4 Å². The summed E-state index contributed by atoms with van der Waals surface area (Å²) in [7, 11) is 1.66. The van der Waals surface area contributed by atoms with Gasteiger partial charge in [-0.3, -0.25) is 24.2 Å². The smallest absolute Gasteiger partial charge is 0.257 e. The van der Waals surface area contributed by atoms with E-state index in [0.29, 0.717) is 48.0 Å². The van der Waals surface area contributed by atoms with Gasteiger partial charge in [-0.05, 0) is 51.1 Å². The van der Waals surface area contributed by atoms with E-state index in [1.165, 1.54) is 12.6 Å². The van der Waals surface area contributed by atoms with E-state index in [2.05, 4.69) is 35.6 Å². The molecule has 11 nitrogen and oxygen atoms in total. The molecule has 1 saturated heterocycles. The number of pyridine rings is 2. The number of H-pyrrole nitrogens is 1. The lowest BCUT2D eigenvalue weighted by Crippen LogP contribution is -2.37. The van der Waals surface area contributed by atoms with Gasteiger partial charge in [0.2, 0.25) is 5.91 Å². The highest BCUT2D eigenvalue weighted by Gasteiger charge is 2.16. The van der Waals surface area contributed by atoms with Crippen molar-refractivity contribution < 1.29 is 14.3 Å². The van der Waals surface area contributed by atoms with Crippen LogP contribution in [0, 0.1) is 6.92 Å². The highest BCUT2D eigenvalue weighted by Crippen LogP contribution is 2.24. The summed E-state index contributed by atoms with van der Waals surface area (Å²) in [4.78, 5) is 39.8. The molecule has 38 heavy (non-hydrogen) atoms. The number of methoxy groups -OCH3 is 1. The van der Waals surface area contributed by atoms with Gasteiger partial charge in [0.25, 0.3) is 5.91 Å². The second kappa shape index (κ2) is 11.5. The Labute approximate surface area is 220 Å². The number of piperidine rings is 1. The number of aromatic nitrogens is 5. The SMILES string of the molecule is COCCn1cc(-c2cc3cc(C(=O)Nc4cnc(C)c(NC(=O)CN5CCCCC5)c4)cnc3[nH]2)cn1. The molecule has 0 unspecified atom stereocenters. The molecule has 11 heteroatoms. The number of aryl methyl sites for hydroxylation is 1. The van der Waals surface area contributed by atoms with Crippen LogP contribution in [0.25, 0.3) is 22.3 Å². The van der Waals surface area contributed by atoms with E-state index in [9.17, 15) is 9.59 Å². The van der Waals surface area contributed by atoms with E-state index < -0.39 is 0 Å². The lowest BCUT2D eigenvalue weighted by molar-refractivity contribution is -0.117. The average Bonchev–Trinajstić information content (AvgIpc) is 3.56. The molecule has 4 aromatic rings. The number of carbonyl (C=O) groups is 2. The van der Waals surface area contributed by atoms with Crippen LogP contribution in [-0.2, 0) is 16.1 Å². The summed E-state index contributed by atoms with van der Waals surface area (Å²) in [5.41, 5.74) is 4.63. The zero-order chi connectivity index (χ0) is 26.5. The minimum Gasteiger partial charge on any atom is -0.383 e. The highest BCUT2D eigenvalue weighted by atomic mass is 16.5. The van der Waals surface area contributed by atoms with Gasteiger partial charge in [0.05, 0.1) is 60.4 Å². The topological polar surface area (TPSA) is 130 Å². The van der Waals surface area contributed by atoms with E-state index in [-0.39, 0.29) is 11.8 Å². The van der Waals surface area contributed by atoms with Gasteiger partial charge in [-0.2, -0.15) is 5.10 Å². The standard InChI is InChI=1S/C27H32N8O3/c1-18-23(32-25(36)17-34-6-4-3-5-7-34)12-22(15-28-18)31-27(37)20-10-19-11-24(33-26(19)29-13-20)21-14-30-35(16-21)8-9-38-2/h10-16H,3-9,17H2,1-2H3,(H,29,33)(H,31,37)(H,32,36). The van der Waals surface area contributed by atoms with Crippen LogP contribution in [0.5, 0.6) is 0 Å². The summed E-state index contributed by atoms with van der Waals surface area (Å²) in [6.07, 6.45) is 10.3. The normalized spacial score (nSPS) is 14.1. The maximum Gasteiger partial charge on any atom is 0.257 e. The lowest BCUT2D eigenvalue weighted by Gasteiger charge is -2.25. The Balaban J connectivity index is 1.25. The summed E-state index contributed by atoms with van der Waals surface area (Å²) >= 11 is 0. The van der Waals surface area contributed by atoms with Crippen LogP contribution in [0.3, 0.4) is 0 Å². The molecule has 2 amide bonds.